The van der Waals surface area contributed by atoms with Gasteiger partial charge in [0, 0.05) is 26.1 Å². The van der Waals surface area contributed by atoms with Crippen LogP contribution in [0.15, 0.2) is 24.3 Å². The Morgan fingerprint density at radius 3 is 2.60 bits per heavy atom. The van der Waals surface area contributed by atoms with E-state index in [0.29, 0.717) is 24.8 Å². The van der Waals surface area contributed by atoms with Crippen molar-refractivity contribution in [3.63, 3.8) is 0 Å². The molecule has 1 heterocycles. The zero-order valence-electron chi connectivity index (χ0n) is 15.1. The van der Waals surface area contributed by atoms with Crippen LogP contribution in [-0.4, -0.2) is 43.0 Å². The van der Waals surface area contributed by atoms with E-state index in [-0.39, 0.29) is 18.4 Å². The number of hydrogen-bond acceptors (Lipinski definition) is 3. The van der Waals surface area contributed by atoms with Crippen molar-refractivity contribution in [2.75, 3.05) is 25.1 Å². The summed E-state index contributed by atoms with van der Waals surface area (Å²) in [6, 6.07) is 7.85. The smallest absolute Gasteiger partial charge is 0.265 e. The quantitative estimate of drug-likeness (QED) is 0.841. The van der Waals surface area contributed by atoms with Crippen molar-refractivity contribution in [1.82, 2.24) is 4.90 Å². The Morgan fingerprint density at radius 1 is 1.16 bits per heavy atom. The summed E-state index contributed by atoms with van der Waals surface area (Å²) in [6.07, 6.45) is 8.84. The normalized spacial score (nSPS) is 18.8. The number of carbonyl (C=O) groups excluding carboxylic acids is 2. The SMILES string of the molecule is CN(C(=O)CCN1C(=O)COc2ccccc21)C1CCCCCCC1. The Balaban J connectivity index is 1.59. The third-order valence-corrected chi connectivity index (χ3v) is 5.37. The molecule has 0 radical (unpaired) electrons. The van der Waals surface area contributed by atoms with Crippen LogP contribution in [0, 0.1) is 0 Å². The molecule has 3 rings (SSSR count). The van der Waals surface area contributed by atoms with Crippen LogP contribution in [0.2, 0.25) is 0 Å². The number of amides is 2. The highest BCUT2D eigenvalue weighted by Crippen LogP contribution is 2.31. The van der Waals surface area contributed by atoms with E-state index in [4.69, 9.17) is 4.74 Å². The first-order valence-electron chi connectivity index (χ1n) is 9.44. The number of rotatable bonds is 4. The van der Waals surface area contributed by atoms with E-state index in [1.165, 1.54) is 32.1 Å². The predicted molar refractivity (Wildman–Crippen MR) is 97.8 cm³/mol. The van der Waals surface area contributed by atoms with Crippen molar-refractivity contribution in [3.8, 4) is 5.75 Å². The van der Waals surface area contributed by atoms with Crippen LogP contribution >= 0.6 is 0 Å². The first-order chi connectivity index (χ1) is 12.2. The lowest BCUT2D eigenvalue weighted by atomic mass is 9.95. The van der Waals surface area contributed by atoms with Crippen molar-refractivity contribution in [2.24, 2.45) is 0 Å². The fourth-order valence-electron chi connectivity index (χ4n) is 3.81. The van der Waals surface area contributed by atoms with Gasteiger partial charge in [-0.05, 0) is 25.0 Å². The molecule has 136 valence electrons. The van der Waals surface area contributed by atoms with Gasteiger partial charge >= 0.3 is 0 Å². The second kappa shape index (κ2) is 8.37. The minimum atomic E-state index is -0.0832. The summed E-state index contributed by atoms with van der Waals surface area (Å²) in [4.78, 5) is 28.5. The molecule has 1 aliphatic carbocycles. The molecular weight excluding hydrogens is 316 g/mol. The first-order valence-corrected chi connectivity index (χ1v) is 9.44. The van der Waals surface area contributed by atoms with Gasteiger partial charge in [-0.15, -0.1) is 0 Å². The average molecular weight is 344 g/mol. The molecule has 25 heavy (non-hydrogen) atoms. The summed E-state index contributed by atoms with van der Waals surface area (Å²) in [5, 5.41) is 0. The molecule has 1 aromatic rings. The molecule has 0 atom stereocenters. The Bertz CT molecular complexity index is 609. The molecule has 0 saturated heterocycles. The molecule has 1 aromatic carbocycles. The number of nitrogens with zero attached hydrogens (tertiary/aromatic N) is 2. The number of fused-ring (bicyclic) bond motifs is 1. The fourth-order valence-corrected chi connectivity index (χ4v) is 3.81. The van der Waals surface area contributed by atoms with Gasteiger partial charge in [0.25, 0.3) is 5.91 Å². The fraction of sp³-hybridized carbons (Fsp3) is 0.600. The number of benzene rings is 1. The lowest BCUT2D eigenvalue weighted by Gasteiger charge is -2.32. The molecule has 5 nitrogen and oxygen atoms in total. The molecule has 1 fully saturated rings. The van der Waals surface area contributed by atoms with Gasteiger partial charge in [0.2, 0.25) is 5.91 Å². The van der Waals surface area contributed by atoms with Crippen LogP contribution in [0.5, 0.6) is 5.75 Å². The van der Waals surface area contributed by atoms with Crippen LogP contribution < -0.4 is 9.64 Å². The maximum Gasteiger partial charge on any atom is 0.265 e. The molecule has 0 unspecified atom stereocenters. The van der Waals surface area contributed by atoms with E-state index in [0.717, 1.165) is 18.5 Å². The number of hydrogen-bond donors (Lipinski definition) is 0. The van der Waals surface area contributed by atoms with Crippen LogP contribution in [0.3, 0.4) is 0 Å². The third-order valence-electron chi connectivity index (χ3n) is 5.37. The number of anilines is 1. The van der Waals surface area contributed by atoms with E-state index < -0.39 is 0 Å². The Kier molecular flexibility index (Phi) is 5.95. The highest BCUT2D eigenvalue weighted by Gasteiger charge is 2.27. The Hall–Kier alpha value is -2.04. The van der Waals surface area contributed by atoms with Crippen molar-refractivity contribution in [2.45, 2.75) is 57.4 Å². The van der Waals surface area contributed by atoms with E-state index in [1.807, 2.05) is 36.2 Å². The maximum absolute atomic E-state index is 12.7. The molecule has 0 bridgehead atoms. The topological polar surface area (TPSA) is 49.9 Å². The molecule has 0 N–H and O–H groups in total. The van der Waals surface area contributed by atoms with E-state index >= 15 is 0 Å². The maximum atomic E-state index is 12.7. The largest absolute Gasteiger partial charge is 0.482 e. The molecular formula is C20H28N2O3. The minimum Gasteiger partial charge on any atom is -0.482 e. The van der Waals surface area contributed by atoms with Crippen LogP contribution in [-0.2, 0) is 9.59 Å². The predicted octanol–water partition coefficient (Wildman–Crippen LogP) is 3.37. The molecule has 0 aromatic heterocycles. The van der Waals surface area contributed by atoms with Crippen molar-refractivity contribution in [1.29, 1.82) is 0 Å². The first kappa shape index (κ1) is 17.8. The third kappa shape index (κ3) is 4.33. The van der Waals surface area contributed by atoms with E-state index in [2.05, 4.69) is 0 Å². The highest BCUT2D eigenvalue weighted by atomic mass is 16.5. The Labute approximate surface area is 149 Å². The second-order valence-electron chi connectivity index (χ2n) is 7.06. The standard InChI is InChI=1S/C20H28N2O3/c1-21(16-9-5-3-2-4-6-10-16)19(23)13-14-22-17-11-7-8-12-18(17)25-15-20(22)24/h7-8,11-12,16H,2-6,9-10,13-15H2,1H3. The van der Waals surface area contributed by atoms with Gasteiger partial charge in [-0.3, -0.25) is 9.59 Å². The molecule has 0 spiro atoms. The van der Waals surface area contributed by atoms with Gasteiger partial charge in [-0.2, -0.15) is 0 Å². The van der Waals surface area contributed by atoms with Gasteiger partial charge in [0.05, 0.1) is 5.69 Å². The van der Waals surface area contributed by atoms with Crippen molar-refractivity contribution in [3.05, 3.63) is 24.3 Å². The lowest BCUT2D eigenvalue weighted by Crippen LogP contribution is -2.43. The minimum absolute atomic E-state index is 0.0453. The number of para-hydroxylation sites is 2. The molecule has 1 aliphatic heterocycles. The zero-order valence-corrected chi connectivity index (χ0v) is 15.1. The van der Waals surface area contributed by atoms with Crippen molar-refractivity contribution >= 4 is 17.5 Å². The summed E-state index contributed by atoms with van der Waals surface area (Å²) in [6.45, 7) is 0.457. The van der Waals surface area contributed by atoms with E-state index in [9.17, 15) is 9.59 Å². The second-order valence-corrected chi connectivity index (χ2v) is 7.06. The summed E-state index contributed by atoms with van der Waals surface area (Å²) in [5.41, 5.74) is 0.764. The molecule has 1 saturated carbocycles. The molecule has 5 heteroatoms. The summed E-state index contributed by atoms with van der Waals surface area (Å²) < 4.78 is 5.45. The molecule has 2 amide bonds. The summed E-state index contributed by atoms with van der Waals surface area (Å²) in [5.74, 6) is 0.755. The van der Waals surface area contributed by atoms with Gasteiger partial charge in [0.1, 0.15) is 5.75 Å². The van der Waals surface area contributed by atoms with Gasteiger partial charge in [-0.1, -0.05) is 44.2 Å². The van der Waals surface area contributed by atoms with Crippen LogP contribution in [0.1, 0.15) is 51.4 Å². The zero-order chi connectivity index (χ0) is 17.6. The van der Waals surface area contributed by atoms with Gasteiger partial charge in [0.15, 0.2) is 6.61 Å². The average Bonchev–Trinajstić information content (AvgIpc) is 2.60. The van der Waals surface area contributed by atoms with Crippen molar-refractivity contribution < 1.29 is 14.3 Å². The number of carbonyl (C=O) groups is 2. The van der Waals surface area contributed by atoms with Gasteiger partial charge < -0.3 is 14.5 Å². The van der Waals surface area contributed by atoms with E-state index in [1.54, 1.807) is 4.90 Å². The summed E-state index contributed by atoms with van der Waals surface area (Å²) in [7, 11) is 1.92. The highest BCUT2D eigenvalue weighted by molar-refractivity contribution is 5.98. The summed E-state index contributed by atoms with van der Waals surface area (Å²) >= 11 is 0. The molecule has 2 aliphatic rings. The van der Waals surface area contributed by atoms with Gasteiger partial charge in [-0.25, -0.2) is 0 Å². The Morgan fingerprint density at radius 2 is 1.84 bits per heavy atom. The number of ether oxygens (including phenoxy) is 1. The lowest BCUT2D eigenvalue weighted by molar-refractivity contribution is -0.132. The monoisotopic (exact) mass is 344 g/mol. The van der Waals surface area contributed by atoms with Crippen LogP contribution in [0.4, 0.5) is 5.69 Å². The van der Waals surface area contributed by atoms with Crippen LogP contribution in [0.25, 0.3) is 0 Å².